The van der Waals surface area contributed by atoms with Crippen LogP contribution in [-0.2, 0) is 0 Å². The van der Waals surface area contributed by atoms with Crippen molar-refractivity contribution in [3.05, 3.63) is 267 Å². The van der Waals surface area contributed by atoms with E-state index in [0.29, 0.717) is 17.5 Å². The molecular weight excluding hydrogens is 931 g/mol. The van der Waals surface area contributed by atoms with Gasteiger partial charge in [-0.3, -0.25) is 0 Å². The van der Waals surface area contributed by atoms with Gasteiger partial charge < -0.3 is 9.13 Å². The molecule has 4 heterocycles. The minimum Gasteiger partial charge on any atom is -0.309 e. The maximum Gasteiger partial charge on any atom is 0.164 e. The van der Waals surface area contributed by atoms with E-state index in [4.69, 9.17) is 15.0 Å². The molecule has 4 aromatic heterocycles. The second-order valence-electron chi connectivity index (χ2n) is 18.8. The third-order valence-electron chi connectivity index (χ3n) is 14.5. The summed E-state index contributed by atoms with van der Waals surface area (Å²) in [6, 6.07) is 81.9. The van der Waals surface area contributed by atoms with Crippen LogP contribution in [0, 0.1) is 0 Å². The second kappa shape index (κ2) is 18.1. The monoisotopic (exact) mass is 975 g/mol. The molecule has 0 atom stereocenters. The van der Waals surface area contributed by atoms with Gasteiger partial charge in [-0.2, -0.15) is 0 Å². The number of rotatable bonds is 10. The lowest BCUT2D eigenvalue weighted by Crippen LogP contribution is -2.05. The molecule has 0 aliphatic carbocycles. The first-order valence-corrected chi connectivity index (χ1v) is 26.0. The van der Waals surface area contributed by atoms with Crippen LogP contribution in [0.3, 0.4) is 0 Å². The molecule has 0 aliphatic rings. The number of aromatic nitrogens is 5. The molecule has 14 aromatic rings. The van der Waals surface area contributed by atoms with Gasteiger partial charge in [-0.05, 0) is 70.8 Å². The quantitative estimate of drug-likeness (QED) is 0.128. The van der Waals surface area contributed by atoms with Crippen molar-refractivity contribution >= 4 is 80.7 Å². The van der Waals surface area contributed by atoms with Gasteiger partial charge in [0, 0.05) is 75.2 Å². The number of nitrogens with zero attached hydrogens (tertiary/aromatic N) is 5. The van der Waals surface area contributed by atoms with Crippen LogP contribution in [-0.4, -0.2) is 24.1 Å². The van der Waals surface area contributed by atoms with E-state index in [1.54, 1.807) is 0 Å². The number of para-hydroxylation sites is 3. The van der Waals surface area contributed by atoms with Crippen LogP contribution < -0.4 is 0 Å². The van der Waals surface area contributed by atoms with Crippen molar-refractivity contribution in [3.8, 4) is 67.8 Å². The fourth-order valence-corrected chi connectivity index (χ4v) is 12.6. The number of benzene rings is 10. The highest BCUT2D eigenvalue weighted by Gasteiger charge is 2.26. The van der Waals surface area contributed by atoms with Gasteiger partial charge in [0.15, 0.2) is 17.5 Å². The molecule has 0 fully saturated rings. The Labute approximate surface area is 437 Å². The Kier molecular flexibility index (Phi) is 10.6. The Morgan fingerprint density at radius 1 is 0.387 bits per heavy atom. The van der Waals surface area contributed by atoms with Gasteiger partial charge in [0.1, 0.15) is 0 Å². The Hall–Kier alpha value is -9.75. The number of thiophene rings is 1. The Balaban J connectivity index is 1.04. The summed E-state index contributed by atoms with van der Waals surface area (Å²) in [4.78, 5) is 15.7. The van der Waals surface area contributed by atoms with E-state index in [9.17, 15) is 0 Å². The maximum atomic E-state index is 5.32. The van der Waals surface area contributed by atoms with Crippen molar-refractivity contribution in [3.63, 3.8) is 0 Å². The molecule has 6 heteroatoms. The van der Waals surface area contributed by atoms with E-state index in [0.717, 1.165) is 72.5 Å². The molecule has 0 aliphatic heterocycles. The summed E-state index contributed by atoms with van der Waals surface area (Å²) in [7, 11) is 0. The van der Waals surface area contributed by atoms with E-state index < -0.39 is 0 Å². The molecule has 14 rings (SSSR count). The van der Waals surface area contributed by atoms with Crippen molar-refractivity contribution in [1.29, 1.82) is 0 Å². The fraction of sp³-hybridized carbons (Fsp3) is 0. The van der Waals surface area contributed by atoms with E-state index in [-0.39, 0.29) is 0 Å². The third-order valence-corrected chi connectivity index (χ3v) is 15.8. The van der Waals surface area contributed by atoms with Gasteiger partial charge in [0.25, 0.3) is 0 Å². The molecule has 0 radical (unpaired) electrons. The first-order chi connectivity index (χ1) is 37.1. The number of allylic oxidation sites excluding steroid dienone is 4. The standard InChI is InChI=1S/C69H45N5S/c1-3-21-44(4-2)56-42-50(69-71-67(48-26-13-7-14-27-48)70-68(72-69)49-36-34-46(35-37-49)45-22-9-5-10-23-45)43-57(47-24-11-6-12-25-47)64(56)74-59-33-20-18-31-55(59)63-61(74)41-39-53-52-38-40-60-62(65(52)75-66(53)63)54-30-17-19-32-58(54)73(60)51-28-15-8-16-29-51/h3-43H,1-2H2/b44-21+. The summed E-state index contributed by atoms with van der Waals surface area (Å²) < 4.78 is 7.42. The molecular formula is C69H45N5S. The largest absolute Gasteiger partial charge is 0.309 e. The van der Waals surface area contributed by atoms with Crippen molar-refractivity contribution in [2.75, 3.05) is 0 Å². The maximum absolute atomic E-state index is 5.32. The molecule has 0 bridgehead atoms. The number of fused-ring (bicyclic) bond motifs is 11. The zero-order valence-electron chi connectivity index (χ0n) is 40.7. The van der Waals surface area contributed by atoms with Crippen LogP contribution in [0.4, 0.5) is 0 Å². The Morgan fingerprint density at radius 2 is 0.840 bits per heavy atom. The lowest BCUT2D eigenvalue weighted by Gasteiger charge is -2.21. The highest BCUT2D eigenvalue weighted by atomic mass is 32.1. The molecule has 10 aromatic carbocycles. The van der Waals surface area contributed by atoms with Gasteiger partial charge in [-0.25, -0.2) is 15.0 Å². The lowest BCUT2D eigenvalue weighted by molar-refractivity contribution is 1.07. The predicted octanol–water partition coefficient (Wildman–Crippen LogP) is 18.5. The number of hydrogen-bond acceptors (Lipinski definition) is 4. The Morgan fingerprint density at radius 3 is 1.41 bits per heavy atom. The smallest absolute Gasteiger partial charge is 0.164 e. The number of hydrogen-bond donors (Lipinski definition) is 0. The lowest BCUT2D eigenvalue weighted by atomic mass is 9.92. The molecule has 0 saturated heterocycles. The van der Waals surface area contributed by atoms with Crippen molar-refractivity contribution in [1.82, 2.24) is 24.1 Å². The fourth-order valence-electron chi connectivity index (χ4n) is 11.1. The molecule has 0 unspecified atom stereocenters. The van der Waals surface area contributed by atoms with Crippen LogP contribution in [0.15, 0.2) is 262 Å². The van der Waals surface area contributed by atoms with Crippen molar-refractivity contribution in [2.45, 2.75) is 0 Å². The summed E-state index contributed by atoms with van der Waals surface area (Å²) in [6.45, 7) is 8.60. The van der Waals surface area contributed by atoms with Gasteiger partial charge in [-0.15, -0.1) is 11.3 Å². The summed E-state index contributed by atoms with van der Waals surface area (Å²) in [5.41, 5.74) is 15.7. The van der Waals surface area contributed by atoms with Crippen LogP contribution >= 0.6 is 11.3 Å². The molecule has 0 spiro atoms. The summed E-state index contributed by atoms with van der Waals surface area (Å²) >= 11 is 1.90. The van der Waals surface area contributed by atoms with E-state index in [2.05, 4.69) is 229 Å². The topological polar surface area (TPSA) is 48.5 Å². The molecule has 0 saturated carbocycles. The summed E-state index contributed by atoms with van der Waals surface area (Å²) in [5, 5.41) is 7.43. The predicted molar refractivity (Wildman–Crippen MR) is 317 cm³/mol. The Bertz CT molecular complexity index is 4590. The first-order valence-electron chi connectivity index (χ1n) is 25.2. The van der Waals surface area contributed by atoms with Gasteiger partial charge in [0.2, 0.25) is 0 Å². The highest BCUT2D eigenvalue weighted by molar-refractivity contribution is 7.27. The van der Waals surface area contributed by atoms with Gasteiger partial charge in [0.05, 0.1) is 27.8 Å². The highest BCUT2D eigenvalue weighted by Crippen LogP contribution is 2.49. The third kappa shape index (κ3) is 7.25. The summed E-state index contributed by atoms with van der Waals surface area (Å²) in [6.07, 6.45) is 5.81. The SMILES string of the molecule is C=C/C=C(\C=C)c1cc(-c2nc(-c3ccccc3)nc(-c3ccc(-c4ccccc4)cc3)n2)cc(-c2ccccc2)c1-n1c2ccccc2c2c3sc4c(ccc5c4c4ccccc4n5-c4ccccc4)c3ccc21. The van der Waals surface area contributed by atoms with Crippen LogP contribution in [0.2, 0.25) is 0 Å². The molecule has 0 N–H and O–H groups in total. The molecule has 352 valence electrons. The van der Waals surface area contributed by atoms with Crippen LogP contribution in [0.25, 0.3) is 137 Å². The van der Waals surface area contributed by atoms with Crippen LogP contribution in [0.1, 0.15) is 5.56 Å². The van der Waals surface area contributed by atoms with E-state index in [1.165, 1.54) is 52.8 Å². The van der Waals surface area contributed by atoms with Crippen molar-refractivity contribution < 1.29 is 0 Å². The molecule has 75 heavy (non-hydrogen) atoms. The first kappa shape index (κ1) is 44.0. The minimum atomic E-state index is 0.562. The van der Waals surface area contributed by atoms with E-state index >= 15 is 0 Å². The minimum absolute atomic E-state index is 0.562. The average molecular weight is 976 g/mol. The average Bonchev–Trinajstić information content (AvgIpc) is 4.17. The summed E-state index contributed by atoms with van der Waals surface area (Å²) in [5.74, 6) is 1.75. The van der Waals surface area contributed by atoms with Gasteiger partial charge >= 0.3 is 0 Å². The van der Waals surface area contributed by atoms with Crippen LogP contribution in [0.5, 0.6) is 0 Å². The zero-order chi connectivity index (χ0) is 50.0. The van der Waals surface area contributed by atoms with Crippen molar-refractivity contribution in [2.24, 2.45) is 0 Å². The molecule has 0 amide bonds. The van der Waals surface area contributed by atoms with E-state index in [1.807, 2.05) is 53.8 Å². The second-order valence-corrected chi connectivity index (χ2v) is 19.8. The zero-order valence-corrected chi connectivity index (χ0v) is 41.5. The molecule has 5 nitrogen and oxygen atoms in total. The van der Waals surface area contributed by atoms with Gasteiger partial charge in [-0.1, -0.05) is 213 Å². The normalized spacial score (nSPS) is 11.9.